The molecule has 0 bridgehead atoms. The monoisotopic (exact) mass is 790 g/mol. The highest BCUT2D eigenvalue weighted by molar-refractivity contribution is 5.81. The van der Waals surface area contributed by atoms with Gasteiger partial charge < -0.3 is 31.9 Å². The molecule has 0 radical (unpaired) electrons. The number of rotatable bonds is 39. The third-order valence-electron chi connectivity index (χ3n) is 12.4. The molecule has 0 unspecified atom stereocenters. The second-order valence-corrected chi connectivity index (χ2v) is 17.7. The Morgan fingerprint density at radius 3 is 1.04 bits per heavy atom. The number of hydrogen-bond donors (Lipinski definition) is 3. The smallest absolute Gasteiger partial charge is 0.239 e. The van der Waals surface area contributed by atoms with E-state index in [0.29, 0.717) is 13.0 Å². The van der Waals surface area contributed by atoms with Crippen LogP contribution in [0.4, 0.5) is 0 Å². The highest BCUT2D eigenvalue weighted by atomic mass is 16.2. The fraction of sp³-hybridized carbons (Fsp3) is 0.958. The summed E-state index contributed by atoms with van der Waals surface area (Å²) in [5, 5.41) is 0. The van der Waals surface area contributed by atoms with Gasteiger partial charge in [0.25, 0.3) is 0 Å². The quantitative estimate of drug-likeness (QED) is 0.0324. The Balaban J connectivity index is 2.34. The molecule has 0 saturated carbocycles. The Morgan fingerprint density at radius 1 is 0.446 bits per heavy atom. The summed E-state index contributed by atoms with van der Waals surface area (Å²) in [6.45, 7) is 13.0. The molecule has 1 atom stereocenters. The number of amides is 1. The Morgan fingerprint density at radius 2 is 0.732 bits per heavy atom. The molecule has 0 aromatic rings. The van der Waals surface area contributed by atoms with Crippen molar-refractivity contribution in [3.8, 4) is 0 Å². The van der Waals surface area contributed by atoms with Crippen LogP contribution in [0.5, 0.6) is 0 Å². The van der Waals surface area contributed by atoms with Crippen LogP contribution in [0.3, 0.4) is 0 Å². The lowest BCUT2D eigenvalue weighted by Gasteiger charge is -2.28. The van der Waals surface area contributed by atoms with Crippen molar-refractivity contribution < 1.29 is 4.79 Å². The van der Waals surface area contributed by atoms with E-state index >= 15 is 0 Å². The molecule has 1 rings (SSSR count). The number of hydrogen-bond acceptors (Lipinski definition) is 5. The summed E-state index contributed by atoms with van der Waals surface area (Å²) in [5.74, 6) is 0.181. The lowest BCUT2D eigenvalue weighted by molar-refractivity contribution is -0.133. The van der Waals surface area contributed by atoms with E-state index in [1.165, 1.54) is 205 Å². The predicted octanol–water partition coefficient (Wildman–Crippen LogP) is 11.3. The molecule has 8 nitrogen and oxygen atoms in total. The Hall–Kier alpha value is -1.38. The van der Waals surface area contributed by atoms with Crippen LogP contribution >= 0.6 is 0 Å². The van der Waals surface area contributed by atoms with Gasteiger partial charge in [0.15, 0.2) is 5.96 Å². The minimum absolute atomic E-state index is 0.0846. The number of nitrogens with zero attached hydrogens (tertiary/aromatic N) is 4. The normalized spacial score (nSPS) is 15.1. The maximum absolute atomic E-state index is 13.5. The standard InChI is InChI=1S/C48H99N7O/c1-3-5-7-9-11-13-15-17-19-21-23-25-27-29-31-33-38-53-40-41-54(43-45-55(44-42-53)47(56)46(49)36-35-37-52-48(50)51)39-34-32-30-28-26-24-22-20-18-16-14-12-10-8-6-4-2/h46H,3-45,49H2,1-2H3,(H4,50,51,52)/t46-/m0/s1. The van der Waals surface area contributed by atoms with E-state index < -0.39 is 6.04 Å². The van der Waals surface area contributed by atoms with Crippen LogP contribution in [-0.4, -0.2) is 91.5 Å². The summed E-state index contributed by atoms with van der Waals surface area (Å²) in [6, 6.07) is -0.493. The van der Waals surface area contributed by atoms with Crippen LogP contribution in [0, 0.1) is 0 Å². The zero-order valence-electron chi connectivity index (χ0n) is 37.9. The zero-order chi connectivity index (χ0) is 40.6. The van der Waals surface area contributed by atoms with Crippen LogP contribution in [0.2, 0.25) is 0 Å². The van der Waals surface area contributed by atoms with Gasteiger partial charge in [-0.05, 0) is 38.8 Å². The number of guanidine groups is 1. The predicted molar refractivity (Wildman–Crippen MR) is 246 cm³/mol. The van der Waals surface area contributed by atoms with E-state index in [2.05, 4.69) is 33.5 Å². The van der Waals surface area contributed by atoms with Gasteiger partial charge in [0.05, 0.1) is 6.04 Å². The molecule has 1 heterocycles. The highest BCUT2D eigenvalue weighted by Gasteiger charge is 2.23. The molecule has 1 aliphatic heterocycles. The van der Waals surface area contributed by atoms with Gasteiger partial charge in [-0.15, -0.1) is 0 Å². The minimum atomic E-state index is -0.493. The number of unbranched alkanes of at least 4 members (excludes halogenated alkanes) is 30. The molecule has 332 valence electrons. The van der Waals surface area contributed by atoms with Gasteiger partial charge in [0.2, 0.25) is 5.91 Å². The first-order chi connectivity index (χ1) is 27.5. The van der Waals surface area contributed by atoms with E-state index in [-0.39, 0.29) is 11.9 Å². The van der Waals surface area contributed by atoms with E-state index in [1.807, 2.05) is 0 Å². The fourth-order valence-electron chi connectivity index (χ4n) is 8.45. The summed E-state index contributed by atoms with van der Waals surface area (Å²) in [4.78, 5) is 24.9. The third kappa shape index (κ3) is 33.6. The molecule has 1 amide bonds. The molecule has 6 N–H and O–H groups in total. The zero-order valence-corrected chi connectivity index (χ0v) is 37.9. The van der Waals surface area contributed by atoms with E-state index in [0.717, 1.165) is 58.8 Å². The van der Waals surface area contributed by atoms with Gasteiger partial charge in [-0.25, -0.2) is 0 Å². The van der Waals surface area contributed by atoms with E-state index in [4.69, 9.17) is 17.2 Å². The fourth-order valence-corrected chi connectivity index (χ4v) is 8.45. The molecule has 0 spiro atoms. The lowest BCUT2D eigenvalue weighted by atomic mass is 10.0. The van der Waals surface area contributed by atoms with Crippen molar-refractivity contribution in [3.63, 3.8) is 0 Å². The molecule has 8 heteroatoms. The Bertz CT molecular complexity index is 818. The van der Waals surface area contributed by atoms with Crippen molar-refractivity contribution in [2.75, 3.05) is 58.9 Å². The van der Waals surface area contributed by atoms with Crippen LogP contribution in [-0.2, 0) is 4.79 Å². The van der Waals surface area contributed by atoms with Gasteiger partial charge in [-0.3, -0.25) is 9.79 Å². The average Bonchev–Trinajstić information content (AvgIpc) is 3.29. The van der Waals surface area contributed by atoms with Crippen molar-refractivity contribution in [1.82, 2.24) is 14.7 Å². The number of carbonyl (C=O) groups excluding carboxylic acids is 1. The maximum atomic E-state index is 13.5. The topological polar surface area (TPSA) is 117 Å². The number of nitrogens with two attached hydrogens (primary N) is 3. The van der Waals surface area contributed by atoms with Gasteiger partial charge in [0, 0.05) is 45.8 Å². The second kappa shape index (κ2) is 40.4. The summed E-state index contributed by atoms with van der Waals surface area (Å²) < 4.78 is 0. The average molecular weight is 790 g/mol. The first kappa shape index (κ1) is 52.6. The van der Waals surface area contributed by atoms with Crippen LogP contribution in [0.25, 0.3) is 0 Å². The summed E-state index contributed by atoms with van der Waals surface area (Å²) in [6.07, 6.45) is 46.2. The van der Waals surface area contributed by atoms with Gasteiger partial charge in [0.1, 0.15) is 0 Å². The molecule has 56 heavy (non-hydrogen) atoms. The van der Waals surface area contributed by atoms with Crippen molar-refractivity contribution in [2.24, 2.45) is 22.2 Å². The van der Waals surface area contributed by atoms with Gasteiger partial charge in [-0.1, -0.05) is 206 Å². The molecule has 1 fully saturated rings. The SMILES string of the molecule is CCCCCCCCCCCCCCCCCCN1CCN(CCCCCCCCCCCCCCCCCC)CCN(C(=O)[C@@H](N)CCCN=C(N)N)CC1. The van der Waals surface area contributed by atoms with Crippen LogP contribution in [0.15, 0.2) is 4.99 Å². The minimum Gasteiger partial charge on any atom is -0.370 e. The lowest BCUT2D eigenvalue weighted by Crippen LogP contribution is -2.48. The van der Waals surface area contributed by atoms with Crippen LogP contribution in [0.1, 0.15) is 232 Å². The largest absolute Gasteiger partial charge is 0.370 e. The van der Waals surface area contributed by atoms with Crippen molar-refractivity contribution >= 4 is 11.9 Å². The Kier molecular flexibility index (Phi) is 38.0. The molecule has 1 saturated heterocycles. The number of carbonyl (C=O) groups is 1. The number of aliphatic imine (C=N–C) groups is 1. The first-order valence-electron chi connectivity index (χ1n) is 25.0. The second-order valence-electron chi connectivity index (χ2n) is 17.7. The van der Waals surface area contributed by atoms with Crippen molar-refractivity contribution in [3.05, 3.63) is 0 Å². The molecule has 1 aliphatic rings. The molecule has 0 aliphatic carbocycles. The van der Waals surface area contributed by atoms with Crippen molar-refractivity contribution in [2.45, 2.75) is 238 Å². The summed E-state index contributed by atoms with van der Waals surface area (Å²) in [7, 11) is 0. The summed E-state index contributed by atoms with van der Waals surface area (Å²) >= 11 is 0. The Labute approximate surface area is 349 Å². The molecule has 0 aromatic heterocycles. The highest BCUT2D eigenvalue weighted by Crippen LogP contribution is 2.16. The maximum Gasteiger partial charge on any atom is 0.239 e. The molecular weight excluding hydrogens is 691 g/mol. The van der Waals surface area contributed by atoms with Gasteiger partial charge in [-0.2, -0.15) is 0 Å². The first-order valence-corrected chi connectivity index (χ1v) is 25.0. The summed E-state index contributed by atoms with van der Waals surface area (Å²) in [5.41, 5.74) is 17.4. The van der Waals surface area contributed by atoms with E-state index in [9.17, 15) is 4.79 Å². The van der Waals surface area contributed by atoms with Gasteiger partial charge >= 0.3 is 0 Å². The van der Waals surface area contributed by atoms with E-state index in [1.54, 1.807) is 0 Å². The van der Waals surface area contributed by atoms with Crippen LogP contribution < -0.4 is 17.2 Å². The molecular formula is C48H99N7O. The van der Waals surface area contributed by atoms with Crippen molar-refractivity contribution in [1.29, 1.82) is 0 Å². The molecule has 0 aromatic carbocycles. The third-order valence-corrected chi connectivity index (χ3v) is 12.4.